The number of aliphatic carboxylic acids is 1. The molecule has 0 unspecified atom stereocenters. The third kappa shape index (κ3) is 2.17. The molecule has 1 N–H and O–H groups in total. The van der Waals surface area contributed by atoms with Crippen LogP contribution in [0.4, 0.5) is 0 Å². The van der Waals surface area contributed by atoms with E-state index in [2.05, 4.69) is 18.8 Å². The van der Waals surface area contributed by atoms with E-state index in [0.29, 0.717) is 5.92 Å². The van der Waals surface area contributed by atoms with Crippen LogP contribution in [0.5, 0.6) is 0 Å². The predicted octanol–water partition coefficient (Wildman–Crippen LogP) is 2.57. The fraction of sp³-hybridized carbons (Fsp3) is 0.500. The van der Waals surface area contributed by atoms with Crippen LogP contribution < -0.4 is 0 Å². The van der Waals surface area contributed by atoms with Gasteiger partial charge in [-0.15, -0.1) is 0 Å². The first-order valence-electron chi connectivity index (χ1n) is 5.05. The Morgan fingerprint density at radius 1 is 1.47 bits per heavy atom. The molecule has 0 aliphatic heterocycles. The van der Waals surface area contributed by atoms with E-state index in [1.54, 1.807) is 26.2 Å². The number of carboxylic acid groups (broad SMARTS) is 1. The van der Waals surface area contributed by atoms with Gasteiger partial charge in [0.25, 0.3) is 0 Å². The lowest BCUT2D eigenvalue weighted by Crippen LogP contribution is -2.30. The molecule has 0 radical (unpaired) electrons. The van der Waals surface area contributed by atoms with Crippen molar-refractivity contribution in [2.75, 3.05) is 0 Å². The lowest BCUT2D eigenvalue weighted by atomic mass is 9.80. The summed E-state index contributed by atoms with van der Waals surface area (Å²) >= 11 is 0. The van der Waals surface area contributed by atoms with Gasteiger partial charge in [-0.3, -0.25) is 9.78 Å². The van der Waals surface area contributed by atoms with Gasteiger partial charge in [-0.05, 0) is 37.0 Å². The molecule has 0 amide bonds. The van der Waals surface area contributed by atoms with Crippen molar-refractivity contribution < 1.29 is 9.90 Å². The van der Waals surface area contributed by atoms with Gasteiger partial charge in [0.2, 0.25) is 0 Å². The fourth-order valence-electron chi connectivity index (χ4n) is 1.55. The number of hydrogen-bond donors (Lipinski definition) is 1. The molecule has 82 valence electrons. The summed E-state index contributed by atoms with van der Waals surface area (Å²) in [5.74, 6) is -0.515. The van der Waals surface area contributed by atoms with Crippen LogP contribution in [0.1, 0.15) is 44.7 Å². The van der Waals surface area contributed by atoms with Crippen LogP contribution >= 0.6 is 0 Å². The van der Waals surface area contributed by atoms with E-state index in [-0.39, 0.29) is 0 Å². The third-order valence-electron chi connectivity index (χ3n) is 2.68. The summed E-state index contributed by atoms with van der Waals surface area (Å²) in [7, 11) is 0. The monoisotopic (exact) mass is 207 g/mol. The average molecular weight is 207 g/mol. The molecule has 0 saturated carbocycles. The molecule has 1 rings (SSSR count). The molecule has 0 fully saturated rings. The van der Waals surface area contributed by atoms with Gasteiger partial charge < -0.3 is 5.11 Å². The molecule has 3 heteroatoms. The zero-order chi connectivity index (χ0) is 11.6. The summed E-state index contributed by atoms with van der Waals surface area (Å²) in [6.07, 6.45) is 3.36. The Balaban J connectivity index is 3.30. The first-order valence-corrected chi connectivity index (χ1v) is 5.05. The molecular weight excluding hydrogens is 190 g/mol. The quantitative estimate of drug-likeness (QED) is 0.828. The van der Waals surface area contributed by atoms with Gasteiger partial charge in [-0.2, -0.15) is 0 Å². The molecule has 0 aliphatic carbocycles. The van der Waals surface area contributed by atoms with E-state index in [9.17, 15) is 9.90 Å². The Morgan fingerprint density at radius 3 is 2.53 bits per heavy atom. The van der Waals surface area contributed by atoms with Crippen molar-refractivity contribution in [1.82, 2.24) is 4.98 Å². The van der Waals surface area contributed by atoms with Gasteiger partial charge in [0.15, 0.2) is 0 Å². The fourth-order valence-corrected chi connectivity index (χ4v) is 1.55. The summed E-state index contributed by atoms with van der Waals surface area (Å²) < 4.78 is 0. The van der Waals surface area contributed by atoms with E-state index < -0.39 is 11.4 Å². The molecule has 0 bridgehead atoms. The molecule has 0 aliphatic rings. The highest BCUT2D eigenvalue weighted by Crippen LogP contribution is 2.30. The van der Waals surface area contributed by atoms with Crippen LogP contribution in [0.25, 0.3) is 0 Å². The van der Waals surface area contributed by atoms with Gasteiger partial charge in [-0.25, -0.2) is 0 Å². The van der Waals surface area contributed by atoms with Crippen LogP contribution in [-0.2, 0) is 10.2 Å². The summed E-state index contributed by atoms with van der Waals surface area (Å²) in [6.45, 7) is 7.52. The van der Waals surface area contributed by atoms with Gasteiger partial charge in [0, 0.05) is 12.4 Å². The van der Waals surface area contributed by atoms with E-state index in [1.165, 1.54) is 0 Å². The minimum atomic E-state index is -0.881. The number of nitrogens with zero attached hydrogens (tertiary/aromatic N) is 1. The highest BCUT2D eigenvalue weighted by atomic mass is 16.4. The van der Waals surface area contributed by atoms with Crippen LogP contribution in [0.15, 0.2) is 18.5 Å². The molecule has 0 aromatic carbocycles. The second-order valence-electron chi connectivity index (χ2n) is 4.55. The van der Waals surface area contributed by atoms with Gasteiger partial charge in [-0.1, -0.05) is 13.8 Å². The standard InChI is InChI=1S/C12H17NO2/c1-8(2)9-5-6-13-7-10(9)12(3,4)11(14)15/h5-8H,1-4H3,(H,14,15). The number of carboxylic acids is 1. The van der Waals surface area contributed by atoms with Gasteiger partial charge in [0.05, 0.1) is 5.41 Å². The third-order valence-corrected chi connectivity index (χ3v) is 2.68. The van der Waals surface area contributed by atoms with Crippen LogP contribution in [0, 0.1) is 0 Å². The highest BCUT2D eigenvalue weighted by molar-refractivity contribution is 5.80. The number of carbonyl (C=O) groups is 1. The summed E-state index contributed by atoms with van der Waals surface area (Å²) in [4.78, 5) is 15.2. The maximum absolute atomic E-state index is 11.2. The Kier molecular flexibility index (Phi) is 3.12. The predicted molar refractivity (Wildman–Crippen MR) is 59.0 cm³/mol. The van der Waals surface area contributed by atoms with Gasteiger partial charge in [0.1, 0.15) is 0 Å². The van der Waals surface area contributed by atoms with Crippen LogP contribution in [-0.4, -0.2) is 16.1 Å². The molecule has 3 nitrogen and oxygen atoms in total. The molecule has 1 aromatic heterocycles. The van der Waals surface area contributed by atoms with Crippen molar-refractivity contribution in [3.8, 4) is 0 Å². The Hall–Kier alpha value is -1.38. The molecule has 0 saturated heterocycles. The number of rotatable bonds is 3. The topological polar surface area (TPSA) is 50.2 Å². The number of aromatic nitrogens is 1. The normalized spacial score (nSPS) is 11.8. The maximum atomic E-state index is 11.2. The van der Waals surface area contributed by atoms with E-state index in [4.69, 9.17) is 0 Å². The first-order chi connectivity index (χ1) is 6.87. The summed E-state index contributed by atoms with van der Waals surface area (Å²) in [5, 5.41) is 9.17. The smallest absolute Gasteiger partial charge is 0.313 e. The Bertz CT molecular complexity index is 370. The van der Waals surface area contributed by atoms with Crippen molar-refractivity contribution >= 4 is 5.97 Å². The summed E-state index contributed by atoms with van der Waals surface area (Å²) in [5.41, 5.74) is 0.971. The minimum absolute atomic E-state index is 0.307. The van der Waals surface area contributed by atoms with Crippen molar-refractivity contribution in [3.63, 3.8) is 0 Å². The van der Waals surface area contributed by atoms with Crippen LogP contribution in [0.3, 0.4) is 0 Å². The molecule has 1 heterocycles. The maximum Gasteiger partial charge on any atom is 0.313 e. The van der Waals surface area contributed by atoms with Gasteiger partial charge >= 0.3 is 5.97 Å². The molecule has 1 aromatic rings. The second kappa shape index (κ2) is 4.01. The molecule has 0 spiro atoms. The summed E-state index contributed by atoms with van der Waals surface area (Å²) in [6, 6.07) is 1.89. The van der Waals surface area contributed by atoms with Crippen molar-refractivity contribution in [2.24, 2.45) is 0 Å². The molecule has 15 heavy (non-hydrogen) atoms. The lowest BCUT2D eigenvalue weighted by Gasteiger charge is -2.24. The van der Waals surface area contributed by atoms with Crippen molar-refractivity contribution in [1.29, 1.82) is 0 Å². The average Bonchev–Trinajstić information content (AvgIpc) is 2.17. The SMILES string of the molecule is CC(C)c1ccncc1C(C)(C)C(=O)O. The number of hydrogen-bond acceptors (Lipinski definition) is 2. The largest absolute Gasteiger partial charge is 0.481 e. The van der Waals surface area contributed by atoms with E-state index in [0.717, 1.165) is 11.1 Å². The number of pyridine rings is 1. The highest BCUT2D eigenvalue weighted by Gasteiger charge is 2.32. The zero-order valence-electron chi connectivity index (χ0n) is 9.61. The molecule has 0 atom stereocenters. The Labute approximate surface area is 90.2 Å². The van der Waals surface area contributed by atoms with Crippen LogP contribution in [0.2, 0.25) is 0 Å². The second-order valence-corrected chi connectivity index (χ2v) is 4.55. The zero-order valence-corrected chi connectivity index (χ0v) is 9.61. The van der Waals surface area contributed by atoms with Crippen molar-refractivity contribution in [2.45, 2.75) is 39.0 Å². The van der Waals surface area contributed by atoms with E-state index in [1.807, 2.05) is 6.07 Å². The lowest BCUT2D eigenvalue weighted by molar-refractivity contribution is -0.142. The first kappa shape index (κ1) is 11.7. The van der Waals surface area contributed by atoms with Crippen molar-refractivity contribution in [3.05, 3.63) is 29.6 Å². The Morgan fingerprint density at radius 2 is 2.07 bits per heavy atom. The van der Waals surface area contributed by atoms with E-state index >= 15 is 0 Å². The minimum Gasteiger partial charge on any atom is -0.481 e. The molecular formula is C12H17NO2.